The molecule has 0 saturated carbocycles. The van der Waals surface area contributed by atoms with Gasteiger partial charge in [0, 0.05) is 36.3 Å². The van der Waals surface area contributed by atoms with Crippen molar-refractivity contribution >= 4 is 40.9 Å². The second-order valence-corrected chi connectivity index (χ2v) is 13.6. The zero-order valence-electron chi connectivity index (χ0n) is 26.2. The Hall–Kier alpha value is -2.78. The van der Waals surface area contributed by atoms with Crippen LogP contribution in [0.25, 0.3) is 0 Å². The van der Waals surface area contributed by atoms with Crippen molar-refractivity contribution in [2.75, 3.05) is 42.6 Å². The number of hydrogen-bond acceptors (Lipinski definition) is 7. The molecule has 9 heteroatoms. The number of benzene rings is 1. The van der Waals surface area contributed by atoms with E-state index < -0.39 is 28.7 Å². The van der Waals surface area contributed by atoms with Crippen molar-refractivity contribution in [2.45, 2.75) is 81.9 Å². The predicted octanol–water partition coefficient (Wildman–Crippen LogP) is 5.06. The lowest BCUT2D eigenvalue weighted by Crippen LogP contribution is -2.58. The fourth-order valence-electron chi connectivity index (χ4n) is 7.34. The molecule has 2 bridgehead atoms. The summed E-state index contributed by atoms with van der Waals surface area (Å²) in [5, 5.41) is 10.5. The van der Waals surface area contributed by atoms with Crippen LogP contribution in [0.5, 0.6) is 0 Å². The van der Waals surface area contributed by atoms with Crippen molar-refractivity contribution in [1.82, 2.24) is 4.90 Å². The maximum atomic E-state index is 14.9. The van der Waals surface area contributed by atoms with E-state index in [0.29, 0.717) is 12.8 Å². The molecule has 2 amide bonds. The van der Waals surface area contributed by atoms with Crippen molar-refractivity contribution in [2.24, 2.45) is 17.8 Å². The molecule has 3 heterocycles. The highest BCUT2D eigenvalue weighted by molar-refractivity contribution is 8.02. The fourth-order valence-corrected chi connectivity index (χ4v) is 9.53. The van der Waals surface area contributed by atoms with Crippen molar-refractivity contribution in [1.29, 1.82) is 0 Å². The molecule has 4 rings (SSSR count). The van der Waals surface area contributed by atoms with Gasteiger partial charge in [0.2, 0.25) is 5.91 Å². The number of rotatable bonds is 16. The number of unbranched alkanes of at least 4 members (excludes halogenated alkanes) is 1. The molecule has 0 radical (unpaired) electrons. The molecule has 43 heavy (non-hydrogen) atoms. The molecular formula is C34H49N3O5S. The molecule has 3 fully saturated rings. The lowest BCUT2D eigenvalue weighted by Gasteiger charge is -2.41. The molecule has 0 aliphatic carbocycles. The van der Waals surface area contributed by atoms with E-state index >= 15 is 0 Å². The minimum atomic E-state index is -0.813. The minimum absolute atomic E-state index is 0.0350. The fraction of sp³-hybridized carbons (Fsp3) is 0.618. The van der Waals surface area contributed by atoms with E-state index in [1.807, 2.05) is 38.1 Å². The number of thioether (sulfide) groups is 1. The maximum Gasteiger partial charge on any atom is 0.310 e. The van der Waals surface area contributed by atoms with E-state index in [4.69, 9.17) is 4.74 Å². The van der Waals surface area contributed by atoms with Crippen LogP contribution in [0.4, 0.5) is 11.4 Å². The highest BCUT2D eigenvalue weighted by atomic mass is 32.2. The standard InChI is InChI=1S/C34H49N3O5S/c1-7-12-13-21-42-33(41)28-27-18-19-34(43-27)29(28)31(39)37(26(22-38)23(6)9-3)30(34)32(40)36(20-8-2)25-16-14-24(15-17-25)35(10-4)11-5/h7-8,14-17,23,26-30,38H,1-2,9-13,18-22H2,3-6H3/t23-,26-,27+,28-,29-,30?,34?/m0/s1. The van der Waals surface area contributed by atoms with Gasteiger partial charge < -0.3 is 24.5 Å². The van der Waals surface area contributed by atoms with Crippen LogP contribution < -0.4 is 9.80 Å². The number of hydrogen-bond donors (Lipinski definition) is 1. The third kappa shape index (κ3) is 5.99. The summed E-state index contributed by atoms with van der Waals surface area (Å²) < 4.78 is 4.93. The van der Waals surface area contributed by atoms with Crippen molar-refractivity contribution < 1.29 is 24.2 Å². The van der Waals surface area contributed by atoms with Gasteiger partial charge in [0.25, 0.3) is 5.91 Å². The number of allylic oxidation sites excluding steroid dienone is 1. The molecule has 236 valence electrons. The average Bonchev–Trinajstić information content (AvgIpc) is 3.66. The Morgan fingerprint density at radius 3 is 2.42 bits per heavy atom. The van der Waals surface area contributed by atoms with Gasteiger partial charge in [-0.3, -0.25) is 14.4 Å². The quantitative estimate of drug-likeness (QED) is 0.159. The van der Waals surface area contributed by atoms with Crippen LogP contribution in [0.2, 0.25) is 0 Å². The van der Waals surface area contributed by atoms with Crippen molar-refractivity contribution in [3.05, 3.63) is 49.6 Å². The summed E-state index contributed by atoms with van der Waals surface area (Å²) >= 11 is 1.62. The Bertz CT molecular complexity index is 1170. The van der Waals surface area contributed by atoms with Gasteiger partial charge in [-0.25, -0.2) is 0 Å². The van der Waals surface area contributed by atoms with Crippen LogP contribution in [0.3, 0.4) is 0 Å². The topological polar surface area (TPSA) is 90.4 Å². The van der Waals surface area contributed by atoms with Crippen molar-refractivity contribution in [3.63, 3.8) is 0 Å². The maximum absolute atomic E-state index is 14.9. The van der Waals surface area contributed by atoms with Crippen LogP contribution in [-0.4, -0.2) is 82.7 Å². The molecule has 3 aliphatic heterocycles. The number of fused-ring (bicyclic) bond motifs is 1. The molecule has 2 unspecified atom stereocenters. The number of amides is 2. The number of nitrogens with zero attached hydrogens (tertiary/aromatic N) is 3. The molecule has 3 saturated heterocycles. The Labute approximate surface area is 261 Å². The molecular weight excluding hydrogens is 562 g/mol. The summed E-state index contributed by atoms with van der Waals surface area (Å²) in [4.78, 5) is 48.4. The number of esters is 1. The molecule has 8 nitrogen and oxygen atoms in total. The highest BCUT2D eigenvalue weighted by Crippen LogP contribution is 2.67. The van der Waals surface area contributed by atoms with Crippen LogP contribution in [-0.2, 0) is 19.1 Å². The molecule has 0 aromatic heterocycles. The second kappa shape index (κ2) is 14.3. The van der Waals surface area contributed by atoms with E-state index in [1.165, 1.54) is 0 Å². The molecule has 1 aromatic carbocycles. The van der Waals surface area contributed by atoms with Gasteiger partial charge in [-0.05, 0) is 69.7 Å². The highest BCUT2D eigenvalue weighted by Gasteiger charge is 2.75. The van der Waals surface area contributed by atoms with Crippen molar-refractivity contribution in [3.8, 4) is 0 Å². The number of aliphatic hydroxyl groups excluding tert-OH is 1. The summed E-state index contributed by atoms with van der Waals surface area (Å²) in [5.41, 5.74) is 1.81. The SMILES string of the molecule is C=CCCCOC(=O)[C@@H]1[C@H]2C(=O)N([C@@H](CO)[C@@H](C)CC)C(C(=O)N(CC=C)c3ccc(N(CC)CC)cc3)C23CC[C@H]1S3. The lowest BCUT2D eigenvalue weighted by molar-refractivity contribution is -0.154. The summed E-state index contributed by atoms with van der Waals surface area (Å²) in [7, 11) is 0. The molecule has 7 atom stereocenters. The third-order valence-corrected chi connectivity index (χ3v) is 11.7. The van der Waals surface area contributed by atoms with Gasteiger partial charge in [-0.15, -0.1) is 24.9 Å². The number of carbonyl (C=O) groups excluding carboxylic acids is 3. The van der Waals surface area contributed by atoms with Gasteiger partial charge in [-0.2, -0.15) is 0 Å². The van der Waals surface area contributed by atoms with E-state index in [1.54, 1.807) is 33.7 Å². The first-order chi connectivity index (χ1) is 20.7. The lowest BCUT2D eigenvalue weighted by atomic mass is 9.71. The summed E-state index contributed by atoms with van der Waals surface area (Å²) in [5.74, 6) is -2.06. The third-order valence-electron chi connectivity index (χ3n) is 9.75. The van der Waals surface area contributed by atoms with E-state index in [2.05, 4.69) is 31.9 Å². The molecule has 3 aliphatic rings. The van der Waals surface area contributed by atoms with Gasteiger partial charge in [-0.1, -0.05) is 32.4 Å². The first-order valence-electron chi connectivity index (χ1n) is 15.9. The Morgan fingerprint density at radius 2 is 1.84 bits per heavy atom. The second-order valence-electron chi connectivity index (χ2n) is 12.0. The van der Waals surface area contributed by atoms with Crippen LogP contribution >= 0.6 is 11.8 Å². The first-order valence-corrected chi connectivity index (χ1v) is 16.8. The van der Waals surface area contributed by atoms with E-state index in [-0.39, 0.29) is 48.7 Å². The van der Waals surface area contributed by atoms with Gasteiger partial charge >= 0.3 is 5.97 Å². The zero-order valence-corrected chi connectivity index (χ0v) is 27.1. The van der Waals surface area contributed by atoms with E-state index in [9.17, 15) is 19.5 Å². The average molecular weight is 612 g/mol. The normalized spacial score (nSPS) is 27.0. The number of carbonyl (C=O) groups is 3. The van der Waals surface area contributed by atoms with Crippen LogP contribution in [0, 0.1) is 17.8 Å². The summed E-state index contributed by atoms with van der Waals surface area (Å²) in [6.07, 6.45) is 7.06. The largest absolute Gasteiger partial charge is 0.465 e. The number of ether oxygens (including phenoxy) is 1. The zero-order chi connectivity index (χ0) is 31.3. The molecule has 1 N–H and O–H groups in total. The Morgan fingerprint density at radius 1 is 1.16 bits per heavy atom. The van der Waals surface area contributed by atoms with Gasteiger partial charge in [0.15, 0.2) is 0 Å². The molecule has 1 aromatic rings. The van der Waals surface area contributed by atoms with Gasteiger partial charge in [0.1, 0.15) is 6.04 Å². The number of aliphatic hydroxyl groups is 1. The van der Waals surface area contributed by atoms with Crippen LogP contribution in [0.15, 0.2) is 49.6 Å². The Balaban J connectivity index is 1.75. The summed E-state index contributed by atoms with van der Waals surface area (Å²) in [6, 6.07) is 6.60. The monoisotopic (exact) mass is 611 g/mol. The number of anilines is 2. The predicted molar refractivity (Wildman–Crippen MR) is 174 cm³/mol. The summed E-state index contributed by atoms with van der Waals surface area (Å²) in [6.45, 7) is 18.0. The molecule has 1 spiro atoms. The van der Waals surface area contributed by atoms with Crippen LogP contribution in [0.1, 0.15) is 59.8 Å². The van der Waals surface area contributed by atoms with Gasteiger partial charge in [0.05, 0.1) is 35.8 Å². The Kier molecular flexibility index (Phi) is 11.0. The minimum Gasteiger partial charge on any atom is -0.465 e. The first kappa shape index (κ1) is 33.1. The van der Waals surface area contributed by atoms with E-state index in [0.717, 1.165) is 43.7 Å². The number of likely N-dealkylation sites (tertiary alicyclic amines) is 1. The smallest absolute Gasteiger partial charge is 0.310 e.